The lowest BCUT2D eigenvalue weighted by molar-refractivity contribution is 0.0459. The van der Waals surface area contributed by atoms with Crippen molar-refractivity contribution in [2.45, 2.75) is 13.8 Å². The highest BCUT2D eigenvalue weighted by molar-refractivity contribution is 5.90. The quantitative estimate of drug-likeness (QED) is 0.616. The molecule has 0 saturated carbocycles. The third-order valence-corrected chi connectivity index (χ3v) is 2.70. The van der Waals surface area contributed by atoms with Crippen LogP contribution in [0.25, 0.3) is 11.3 Å². The van der Waals surface area contributed by atoms with E-state index in [9.17, 15) is 9.59 Å². The number of hydrogen-bond acceptors (Lipinski definition) is 4. The summed E-state index contributed by atoms with van der Waals surface area (Å²) in [6.45, 7) is 4.37. The van der Waals surface area contributed by atoms with Crippen LogP contribution >= 0.6 is 0 Å². The van der Waals surface area contributed by atoms with E-state index in [1.807, 2.05) is 13.8 Å². The van der Waals surface area contributed by atoms with Gasteiger partial charge in [0.25, 0.3) is 0 Å². The number of carbonyl (C=O) groups excluding carboxylic acids is 2. The third-order valence-electron chi connectivity index (χ3n) is 2.70. The molecule has 4 nitrogen and oxygen atoms in total. The summed E-state index contributed by atoms with van der Waals surface area (Å²) in [6.07, 6.45) is 0.654. The minimum Gasteiger partial charge on any atom is -0.462 e. The van der Waals surface area contributed by atoms with E-state index in [0.717, 1.165) is 5.56 Å². The molecule has 1 heterocycles. The topological polar surface area (TPSA) is 56.5 Å². The average molecular weight is 272 g/mol. The number of benzene rings is 1. The molecule has 0 N–H and O–H groups in total. The van der Waals surface area contributed by atoms with Gasteiger partial charge in [-0.15, -0.1) is 0 Å². The van der Waals surface area contributed by atoms with Gasteiger partial charge in [0.15, 0.2) is 12.0 Å². The average Bonchev–Trinajstić information content (AvgIpc) is 2.94. The highest BCUT2D eigenvalue weighted by Gasteiger charge is 2.09. The molecule has 20 heavy (non-hydrogen) atoms. The van der Waals surface area contributed by atoms with Gasteiger partial charge in [-0.2, -0.15) is 0 Å². The summed E-state index contributed by atoms with van der Waals surface area (Å²) < 4.78 is 10.5. The van der Waals surface area contributed by atoms with E-state index in [2.05, 4.69) is 0 Å². The van der Waals surface area contributed by atoms with Crippen LogP contribution in [0.1, 0.15) is 34.8 Å². The van der Waals surface area contributed by atoms with Gasteiger partial charge in [-0.3, -0.25) is 4.79 Å². The Morgan fingerprint density at radius 2 is 1.90 bits per heavy atom. The standard InChI is InChI=1S/C16H16O4/c1-11(2)10-19-16(18)13-5-3-12(4-6-13)15-8-7-14(9-17)20-15/h3-9,11H,10H2,1-2H3. The first-order valence-electron chi connectivity index (χ1n) is 6.42. The van der Waals surface area contributed by atoms with E-state index in [-0.39, 0.29) is 11.7 Å². The largest absolute Gasteiger partial charge is 0.462 e. The zero-order chi connectivity index (χ0) is 14.5. The maximum absolute atomic E-state index is 11.8. The monoisotopic (exact) mass is 272 g/mol. The molecule has 0 fully saturated rings. The molecular weight excluding hydrogens is 256 g/mol. The number of furan rings is 1. The van der Waals surface area contributed by atoms with Gasteiger partial charge in [-0.1, -0.05) is 26.0 Å². The fourth-order valence-electron chi connectivity index (χ4n) is 1.67. The lowest BCUT2D eigenvalue weighted by Crippen LogP contribution is -2.09. The Kier molecular flexibility index (Phi) is 4.35. The SMILES string of the molecule is CC(C)COC(=O)c1ccc(-c2ccc(C=O)o2)cc1. The Balaban J connectivity index is 2.09. The van der Waals surface area contributed by atoms with Crippen molar-refractivity contribution in [3.63, 3.8) is 0 Å². The van der Waals surface area contributed by atoms with Crippen LogP contribution in [0, 0.1) is 5.92 Å². The molecule has 0 saturated heterocycles. The van der Waals surface area contributed by atoms with Crippen molar-refractivity contribution in [2.24, 2.45) is 5.92 Å². The van der Waals surface area contributed by atoms with Crippen molar-refractivity contribution in [3.8, 4) is 11.3 Å². The predicted molar refractivity (Wildman–Crippen MR) is 74.7 cm³/mol. The second kappa shape index (κ2) is 6.19. The fraction of sp³-hybridized carbons (Fsp3) is 0.250. The molecule has 0 unspecified atom stereocenters. The number of esters is 1. The van der Waals surface area contributed by atoms with Crippen LogP contribution < -0.4 is 0 Å². The van der Waals surface area contributed by atoms with Gasteiger partial charge in [0.05, 0.1) is 12.2 Å². The van der Waals surface area contributed by atoms with Crippen molar-refractivity contribution in [1.29, 1.82) is 0 Å². The van der Waals surface area contributed by atoms with E-state index >= 15 is 0 Å². The first-order valence-corrected chi connectivity index (χ1v) is 6.42. The van der Waals surface area contributed by atoms with E-state index in [1.54, 1.807) is 36.4 Å². The zero-order valence-electron chi connectivity index (χ0n) is 11.5. The first kappa shape index (κ1) is 14.1. The maximum Gasteiger partial charge on any atom is 0.338 e. The summed E-state index contributed by atoms with van der Waals surface area (Å²) in [5, 5.41) is 0. The molecule has 0 atom stereocenters. The minimum absolute atomic E-state index is 0.278. The zero-order valence-corrected chi connectivity index (χ0v) is 11.5. The van der Waals surface area contributed by atoms with Gasteiger partial charge in [0.2, 0.25) is 0 Å². The summed E-state index contributed by atoms with van der Waals surface area (Å²) in [5.41, 5.74) is 1.30. The summed E-state index contributed by atoms with van der Waals surface area (Å²) in [7, 11) is 0. The molecule has 104 valence electrons. The number of rotatable bonds is 5. The molecule has 0 aliphatic carbocycles. The normalized spacial score (nSPS) is 10.6. The Morgan fingerprint density at radius 1 is 1.20 bits per heavy atom. The molecule has 0 amide bonds. The Hall–Kier alpha value is -2.36. The van der Waals surface area contributed by atoms with Crippen molar-refractivity contribution in [3.05, 3.63) is 47.7 Å². The Labute approximate surface area is 117 Å². The maximum atomic E-state index is 11.8. The molecule has 0 aliphatic heterocycles. The molecule has 0 aliphatic rings. The molecule has 2 rings (SSSR count). The summed E-state index contributed by atoms with van der Waals surface area (Å²) in [4.78, 5) is 22.3. The Morgan fingerprint density at radius 3 is 2.45 bits per heavy atom. The van der Waals surface area contributed by atoms with Gasteiger partial charge in [-0.05, 0) is 30.2 Å². The molecular formula is C16H16O4. The van der Waals surface area contributed by atoms with Crippen LogP contribution in [0.15, 0.2) is 40.8 Å². The number of hydrogen-bond donors (Lipinski definition) is 0. The van der Waals surface area contributed by atoms with Crippen LogP contribution in [0.2, 0.25) is 0 Å². The second-order valence-corrected chi connectivity index (χ2v) is 4.89. The Bertz CT molecular complexity index is 593. The highest BCUT2D eigenvalue weighted by atomic mass is 16.5. The first-order chi connectivity index (χ1) is 9.60. The molecule has 2 aromatic rings. The van der Waals surface area contributed by atoms with Crippen LogP contribution in [0.3, 0.4) is 0 Å². The van der Waals surface area contributed by atoms with Gasteiger partial charge in [0, 0.05) is 5.56 Å². The minimum atomic E-state index is -0.335. The van der Waals surface area contributed by atoms with Crippen molar-refractivity contribution < 1.29 is 18.7 Å². The number of aldehydes is 1. The summed E-state index contributed by atoms with van der Waals surface area (Å²) in [6, 6.07) is 10.2. The number of ether oxygens (including phenoxy) is 1. The summed E-state index contributed by atoms with van der Waals surface area (Å²) >= 11 is 0. The van der Waals surface area contributed by atoms with E-state index in [4.69, 9.17) is 9.15 Å². The van der Waals surface area contributed by atoms with Crippen LogP contribution in [0.5, 0.6) is 0 Å². The lowest BCUT2D eigenvalue weighted by atomic mass is 10.1. The van der Waals surface area contributed by atoms with E-state index in [1.165, 1.54) is 0 Å². The van der Waals surface area contributed by atoms with Crippen LogP contribution in [-0.4, -0.2) is 18.9 Å². The third kappa shape index (κ3) is 3.35. The van der Waals surface area contributed by atoms with Crippen molar-refractivity contribution in [2.75, 3.05) is 6.61 Å². The molecule has 1 aromatic heterocycles. The van der Waals surface area contributed by atoms with Gasteiger partial charge in [0.1, 0.15) is 5.76 Å². The molecule has 0 bridgehead atoms. The van der Waals surface area contributed by atoms with Crippen molar-refractivity contribution in [1.82, 2.24) is 0 Å². The molecule has 0 spiro atoms. The smallest absolute Gasteiger partial charge is 0.338 e. The molecule has 4 heteroatoms. The van der Waals surface area contributed by atoms with Crippen molar-refractivity contribution >= 4 is 12.3 Å². The number of carbonyl (C=O) groups is 2. The van der Waals surface area contributed by atoms with Gasteiger partial charge < -0.3 is 9.15 Å². The van der Waals surface area contributed by atoms with Gasteiger partial charge in [-0.25, -0.2) is 4.79 Å². The molecule has 1 aromatic carbocycles. The van der Waals surface area contributed by atoms with E-state index < -0.39 is 0 Å². The highest BCUT2D eigenvalue weighted by Crippen LogP contribution is 2.22. The van der Waals surface area contributed by atoms with Crippen LogP contribution in [0.4, 0.5) is 0 Å². The van der Waals surface area contributed by atoms with Gasteiger partial charge >= 0.3 is 5.97 Å². The van der Waals surface area contributed by atoms with E-state index in [0.29, 0.717) is 30.1 Å². The second-order valence-electron chi connectivity index (χ2n) is 4.89. The van der Waals surface area contributed by atoms with Crippen LogP contribution in [-0.2, 0) is 4.74 Å². The summed E-state index contributed by atoms with van der Waals surface area (Å²) in [5.74, 6) is 0.844. The lowest BCUT2D eigenvalue weighted by Gasteiger charge is -2.07. The molecule has 0 radical (unpaired) electrons. The fourth-order valence-corrected chi connectivity index (χ4v) is 1.67. The predicted octanol–water partition coefficient (Wildman–Crippen LogP) is 3.57.